The molecule has 2 aromatic carbocycles. The SMILES string of the molecule is CCCCCOc1ccc(-c2nc(-c3ccc(Cl)cc3)c(CC(=O)O)s2)cc1. The Labute approximate surface area is 173 Å². The molecule has 146 valence electrons. The normalized spacial score (nSPS) is 10.8. The zero-order valence-electron chi connectivity index (χ0n) is 15.7. The molecule has 0 aliphatic carbocycles. The summed E-state index contributed by atoms with van der Waals surface area (Å²) in [7, 11) is 0. The summed E-state index contributed by atoms with van der Waals surface area (Å²) in [6.07, 6.45) is 3.32. The van der Waals surface area contributed by atoms with Crippen LogP contribution in [0.1, 0.15) is 31.1 Å². The first-order valence-electron chi connectivity index (χ1n) is 9.27. The molecule has 0 saturated carbocycles. The number of ether oxygens (including phenoxy) is 1. The summed E-state index contributed by atoms with van der Waals surface area (Å²) >= 11 is 7.37. The molecule has 0 amide bonds. The van der Waals surface area contributed by atoms with Gasteiger partial charge in [-0.2, -0.15) is 0 Å². The number of halogens is 1. The Bertz CT molecular complexity index is 920. The highest BCUT2D eigenvalue weighted by Gasteiger charge is 2.17. The molecule has 0 radical (unpaired) electrons. The van der Waals surface area contributed by atoms with Gasteiger partial charge in [0.15, 0.2) is 0 Å². The van der Waals surface area contributed by atoms with Gasteiger partial charge in [-0.3, -0.25) is 4.79 Å². The van der Waals surface area contributed by atoms with Crippen molar-refractivity contribution in [3.8, 4) is 27.6 Å². The van der Waals surface area contributed by atoms with Crippen LogP contribution in [0.5, 0.6) is 5.75 Å². The van der Waals surface area contributed by atoms with Gasteiger partial charge in [0.1, 0.15) is 10.8 Å². The van der Waals surface area contributed by atoms with Crippen molar-refractivity contribution in [2.24, 2.45) is 0 Å². The van der Waals surface area contributed by atoms with Crippen molar-refractivity contribution in [2.45, 2.75) is 32.6 Å². The van der Waals surface area contributed by atoms with Gasteiger partial charge < -0.3 is 9.84 Å². The molecule has 0 spiro atoms. The molecule has 1 N–H and O–H groups in total. The molecular formula is C22H22ClNO3S. The van der Waals surface area contributed by atoms with Gasteiger partial charge in [0.05, 0.1) is 18.7 Å². The van der Waals surface area contributed by atoms with Gasteiger partial charge in [0.25, 0.3) is 0 Å². The quantitative estimate of drug-likeness (QED) is 0.415. The Morgan fingerprint density at radius 1 is 1.07 bits per heavy atom. The van der Waals surface area contributed by atoms with Crippen LogP contribution in [-0.2, 0) is 11.2 Å². The number of thiazole rings is 1. The van der Waals surface area contributed by atoms with Crippen molar-refractivity contribution in [3.63, 3.8) is 0 Å². The van der Waals surface area contributed by atoms with E-state index in [-0.39, 0.29) is 6.42 Å². The van der Waals surface area contributed by atoms with E-state index < -0.39 is 5.97 Å². The predicted octanol–water partition coefficient (Wildman–Crippen LogP) is 6.33. The summed E-state index contributed by atoms with van der Waals surface area (Å²) in [6.45, 7) is 2.88. The first-order chi connectivity index (χ1) is 13.6. The second-order valence-electron chi connectivity index (χ2n) is 6.45. The minimum absolute atomic E-state index is 0.0613. The zero-order chi connectivity index (χ0) is 19.9. The lowest BCUT2D eigenvalue weighted by atomic mass is 10.1. The Kier molecular flexibility index (Phi) is 7.06. The maximum Gasteiger partial charge on any atom is 0.308 e. The maximum absolute atomic E-state index is 11.3. The van der Waals surface area contributed by atoms with Crippen LogP contribution in [0.4, 0.5) is 0 Å². The van der Waals surface area contributed by atoms with Crippen molar-refractivity contribution >= 4 is 28.9 Å². The molecule has 6 heteroatoms. The van der Waals surface area contributed by atoms with E-state index in [1.807, 2.05) is 36.4 Å². The van der Waals surface area contributed by atoms with E-state index in [1.54, 1.807) is 12.1 Å². The van der Waals surface area contributed by atoms with Crippen LogP contribution in [-0.4, -0.2) is 22.7 Å². The van der Waals surface area contributed by atoms with E-state index in [0.29, 0.717) is 17.3 Å². The van der Waals surface area contributed by atoms with Crippen molar-refractivity contribution < 1.29 is 14.6 Å². The van der Waals surface area contributed by atoms with Crippen molar-refractivity contribution in [1.82, 2.24) is 4.98 Å². The molecule has 0 bridgehead atoms. The van der Waals surface area contributed by atoms with Crippen LogP contribution in [0.3, 0.4) is 0 Å². The van der Waals surface area contributed by atoms with Crippen molar-refractivity contribution in [1.29, 1.82) is 0 Å². The fourth-order valence-electron chi connectivity index (χ4n) is 2.80. The summed E-state index contributed by atoms with van der Waals surface area (Å²) in [6, 6.07) is 15.1. The van der Waals surface area contributed by atoms with Crippen LogP contribution in [0.25, 0.3) is 21.8 Å². The van der Waals surface area contributed by atoms with Gasteiger partial charge in [-0.25, -0.2) is 4.98 Å². The highest BCUT2D eigenvalue weighted by atomic mass is 35.5. The van der Waals surface area contributed by atoms with Crippen LogP contribution in [0.15, 0.2) is 48.5 Å². The third kappa shape index (κ3) is 5.33. The summed E-state index contributed by atoms with van der Waals surface area (Å²) in [5.41, 5.74) is 2.50. The third-order valence-electron chi connectivity index (χ3n) is 4.24. The number of aliphatic carboxylic acids is 1. The molecule has 0 atom stereocenters. The molecule has 0 fully saturated rings. The molecule has 1 heterocycles. The number of unbranched alkanes of at least 4 members (excludes halogenated alkanes) is 2. The largest absolute Gasteiger partial charge is 0.494 e. The second kappa shape index (κ2) is 9.71. The number of hydrogen-bond acceptors (Lipinski definition) is 4. The number of carboxylic acid groups (broad SMARTS) is 1. The van der Waals surface area contributed by atoms with E-state index in [4.69, 9.17) is 21.3 Å². The van der Waals surface area contributed by atoms with Gasteiger partial charge in [-0.1, -0.05) is 43.5 Å². The molecule has 3 aromatic rings. The zero-order valence-corrected chi connectivity index (χ0v) is 17.2. The standard InChI is InChI=1S/C22H22ClNO3S/c1-2-3-4-13-27-18-11-7-16(8-12-18)22-24-21(19(28-22)14-20(25)26)15-5-9-17(23)10-6-15/h5-12H,2-4,13-14H2,1H3,(H,25,26). The highest BCUT2D eigenvalue weighted by Crippen LogP contribution is 2.35. The molecule has 28 heavy (non-hydrogen) atoms. The molecule has 4 nitrogen and oxygen atoms in total. The molecule has 0 unspecified atom stereocenters. The number of benzene rings is 2. The van der Waals surface area contributed by atoms with Gasteiger partial charge in [0.2, 0.25) is 0 Å². The van der Waals surface area contributed by atoms with Gasteiger partial charge >= 0.3 is 5.97 Å². The predicted molar refractivity (Wildman–Crippen MR) is 114 cm³/mol. The number of rotatable bonds is 9. The van der Waals surface area contributed by atoms with Crippen LogP contribution >= 0.6 is 22.9 Å². The summed E-state index contributed by atoms with van der Waals surface area (Å²) in [5, 5.41) is 10.7. The minimum atomic E-state index is -0.874. The molecule has 0 saturated heterocycles. The summed E-state index contributed by atoms with van der Waals surface area (Å²) in [4.78, 5) is 16.7. The smallest absolute Gasteiger partial charge is 0.308 e. The van der Waals surface area contributed by atoms with E-state index in [1.165, 1.54) is 17.8 Å². The molecule has 3 rings (SSSR count). The fraction of sp³-hybridized carbons (Fsp3) is 0.273. The second-order valence-corrected chi connectivity index (χ2v) is 7.97. The first kappa shape index (κ1) is 20.4. The van der Waals surface area contributed by atoms with Gasteiger partial charge in [0, 0.05) is 21.0 Å². The van der Waals surface area contributed by atoms with Crippen molar-refractivity contribution in [3.05, 3.63) is 58.4 Å². The lowest BCUT2D eigenvalue weighted by Gasteiger charge is -2.06. The number of nitrogens with zero attached hydrogens (tertiary/aromatic N) is 1. The Morgan fingerprint density at radius 3 is 2.39 bits per heavy atom. The maximum atomic E-state index is 11.3. The van der Waals surface area contributed by atoms with Gasteiger partial charge in [-0.05, 0) is 42.8 Å². The molecule has 0 aliphatic rings. The monoisotopic (exact) mass is 415 g/mol. The van der Waals surface area contributed by atoms with E-state index in [0.717, 1.165) is 39.6 Å². The van der Waals surface area contributed by atoms with Gasteiger partial charge in [-0.15, -0.1) is 11.3 Å². The summed E-state index contributed by atoms with van der Waals surface area (Å²) < 4.78 is 5.75. The van der Waals surface area contributed by atoms with Crippen molar-refractivity contribution in [2.75, 3.05) is 6.61 Å². The highest BCUT2D eigenvalue weighted by molar-refractivity contribution is 7.15. The Morgan fingerprint density at radius 2 is 1.75 bits per heavy atom. The fourth-order valence-corrected chi connectivity index (χ4v) is 4.01. The van der Waals surface area contributed by atoms with E-state index >= 15 is 0 Å². The van der Waals surface area contributed by atoms with Crippen LogP contribution < -0.4 is 4.74 Å². The first-order valence-corrected chi connectivity index (χ1v) is 10.5. The van der Waals surface area contributed by atoms with Crippen LogP contribution in [0.2, 0.25) is 5.02 Å². The molecule has 0 aliphatic heterocycles. The lowest BCUT2D eigenvalue weighted by Crippen LogP contribution is -1.99. The van der Waals surface area contributed by atoms with E-state index in [2.05, 4.69) is 6.92 Å². The topological polar surface area (TPSA) is 59.4 Å². The average molecular weight is 416 g/mol. The Hall–Kier alpha value is -2.37. The number of aromatic nitrogens is 1. The third-order valence-corrected chi connectivity index (χ3v) is 5.60. The number of carboxylic acids is 1. The summed E-state index contributed by atoms with van der Waals surface area (Å²) in [5.74, 6) is -0.0404. The lowest BCUT2D eigenvalue weighted by molar-refractivity contribution is -0.136. The minimum Gasteiger partial charge on any atom is -0.494 e. The van der Waals surface area contributed by atoms with Crippen LogP contribution in [0, 0.1) is 0 Å². The van der Waals surface area contributed by atoms with E-state index in [9.17, 15) is 9.90 Å². The number of hydrogen-bond donors (Lipinski definition) is 1. The average Bonchev–Trinajstić information content (AvgIpc) is 3.09. The molecular weight excluding hydrogens is 394 g/mol. The molecule has 1 aromatic heterocycles. The Balaban J connectivity index is 1.83. The number of carbonyl (C=O) groups is 1.